The third-order valence-corrected chi connectivity index (χ3v) is 6.55. The summed E-state index contributed by atoms with van der Waals surface area (Å²) >= 11 is 0. The zero-order valence-corrected chi connectivity index (χ0v) is 18.6. The largest absolute Gasteiger partial charge is 0.353 e. The van der Waals surface area contributed by atoms with Gasteiger partial charge in [0.1, 0.15) is 0 Å². The van der Waals surface area contributed by atoms with Gasteiger partial charge in [-0.15, -0.1) is 0 Å². The molecule has 6 nitrogen and oxygen atoms in total. The van der Waals surface area contributed by atoms with Crippen molar-refractivity contribution in [3.63, 3.8) is 0 Å². The van der Waals surface area contributed by atoms with Crippen LogP contribution in [0.15, 0.2) is 41.5 Å². The molecule has 3 aromatic rings. The number of hydrogen-bond donors (Lipinski definition) is 1. The van der Waals surface area contributed by atoms with Crippen molar-refractivity contribution in [3.8, 4) is 5.69 Å². The van der Waals surface area contributed by atoms with E-state index in [2.05, 4.69) is 10.3 Å². The Morgan fingerprint density at radius 2 is 1.74 bits per heavy atom. The summed E-state index contributed by atoms with van der Waals surface area (Å²) in [7, 11) is 0. The summed E-state index contributed by atoms with van der Waals surface area (Å²) in [6.07, 6.45) is 10.2. The molecule has 1 aromatic carbocycles. The summed E-state index contributed by atoms with van der Waals surface area (Å²) in [6, 6.07) is 10.2. The molecule has 1 amide bonds. The maximum atomic E-state index is 13.2. The van der Waals surface area contributed by atoms with Gasteiger partial charge < -0.3 is 5.32 Å². The van der Waals surface area contributed by atoms with Crippen LogP contribution in [0.1, 0.15) is 62.6 Å². The monoisotopic (exact) mass is 420 g/mol. The van der Waals surface area contributed by atoms with E-state index in [0.717, 1.165) is 29.8 Å². The fourth-order valence-corrected chi connectivity index (χ4v) is 4.66. The molecule has 0 atom stereocenters. The van der Waals surface area contributed by atoms with Crippen molar-refractivity contribution in [3.05, 3.63) is 58.3 Å². The fourth-order valence-electron chi connectivity index (χ4n) is 4.66. The Morgan fingerprint density at radius 3 is 2.45 bits per heavy atom. The zero-order valence-electron chi connectivity index (χ0n) is 18.6. The minimum atomic E-state index is -0.0842. The van der Waals surface area contributed by atoms with Crippen LogP contribution in [-0.4, -0.2) is 26.1 Å². The molecule has 2 aromatic heterocycles. The maximum absolute atomic E-state index is 13.2. The number of carbonyl (C=O) groups is 1. The van der Waals surface area contributed by atoms with E-state index in [0.29, 0.717) is 24.0 Å². The smallest absolute Gasteiger partial charge is 0.263 e. The zero-order chi connectivity index (χ0) is 21.8. The van der Waals surface area contributed by atoms with E-state index in [4.69, 9.17) is 0 Å². The van der Waals surface area contributed by atoms with Crippen LogP contribution in [0.2, 0.25) is 0 Å². The first kappa shape index (κ1) is 21.3. The molecule has 0 saturated heterocycles. The molecule has 0 radical (unpaired) electrons. The average Bonchev–Trinajstić information content (AvgIpc) is 3.01. The summed E-state index contributed by atoms with van der Waals surface area (Å²) in [5.74, 6) is 0.0207. The molecule has 2 heterocycles. The number of nitrogens with zero attached hydrogens (tertiary/aromatic N) is 3. The predicted octanol–water partition coefficient (Wildman–Crippen LogP) is 4.42. The molecule has 4 rings (SSSR count). The number of fused-ring (bicyclic) bond motifs is 1. The van der Waals surface area contributed by atoms with Crippen LogP contribution in [0.4, 0.5) is 0 Å². The minimum absolute atomic E-state index is 0.0207. The third kappa shape index (κ3) is 4.58. The van der Waals surface area contributed by atoms with Crippen LogP contribution in [0, 0.1) is 13.8 Å². The SMILES string of the molecule is Cc1c(C)n(-c2ccccc2)c2ncn(CCC(=O)NC3CCCCCCC3)c(=O)c12. The minimum Gasteiger partial charge on any atom is -0.353 e. The Balaban J connectivity index is 1.51. The Hall–Kier alpha value is -2.89. The number of nitrogens with one attached hydrogen (secondary N) is 1. The van der Waals surface area contributed by atoms with Gasteiger partial charge >= 0.3 is 0 Å². The molecule has 0 aliphatic heterocycles. The Morgan fingerprint density at radius 1 is 1.06 bits per heavy atom. The van der Waals surface area contributed by atoms with E-state index in [-0.39, 0.29) is 17.5 Å². The standard InChI is InChI=1S/C25H32N4O2/c1-18-19(2)29(21-13-9-6-10-14-21)24-23(18)25(31)28(17-26-24)16-15-22(30)27-20-11-7-4-3-5-8-12-20/h6,9-10,13-14,17,20H,3-5,7-8,11-12,15-16H2,1-2H3,(H,27,30). The number of aromatic nitrogens is 3. The first-order chi connectivity index (χ1) is 15.1. The highest BCUT2D eigenvalue weighted by atomic mass is 16.2. The van der Waals surface area contributed by atoms with Crippen molar-refractivity contribution < 1.29 is 4.79 Å². The van der Waals surface area contributed by atoms with Crippen molar-refractivity contribution in [1.29, 1.82) is 0 Å². The summed E-state index contributed by atoms with van der Waals surface area (Å²) in [6.45, 7) is 4.32. The molecule has 1 fully saturated rings. The molecule has 0 unspecified atom stereocenters. The van der Waals surface area contributed by atoms with Gasteiger partial charge in [-0.2, -0.15) is 0 Å². The second-order valence-corrected chi connectivity index (χ2v) is 8.68. The molecule has 1 aliphatic carbocycles. The molecule has 1 N–H and O–H groups in total. The number of carbonyl (C=O) groups excluding carboxylic acids is 1. The second kappa shape index (κ2) is 9.50. The van der Waals surface area contributed by atoms with E-state index in [1.165, 1.54) is 32.1 Å². The van der Waals surface area contributed by atoms with Crippen molar-refractivity contribution in [1.82, 2.24) is 19.4 Å². The molecule has 164 valence electrons. The van der Waals surface area contributed by atoms with E-state index >= 15 is 0 Å². The molecule has 1 saturated carbocycles. The van der Waals surface area contributed by atoms with Crippen molar-refractivity contribution in [2.75, 3.05) is 0 Å². The third-order valence-electron chi connectivity index (χ3n) is 6.55. The lowest BCUT2D eigenvalue weighted by atomic mass is 9.96. The van der Waals surface area contributed by atoms with Gasteiger partial charge in [0.15, 0.2) is 5.65 Å². The quantitative estimate of drug-likeness (QED) is 0.664. The van der Waals surface area contributed by atoms with Gasteiger partial charge in [0.2, 0.25) is 5.91 Å². The lowest BCUT2D eigenvalue weighted by Gasteiger charge is -2.21. The summed E-state index contributed by atoms with van der Waals surface area (Å²) in [4.78, 5) is 30.3. The molecular weight excluding hydrogens is 388 g/mol. The Kier molecular flexibility index (Phi) is 6.54. The van der Waals surface area contributed by atoms with Crippen molar-refractivity contribution >= 4 is 16.9 Å². The number of benzene rings is 1. The average molecular weight is 421 g/mol. The van der Waals surface area contributed by atoms with Gasteiger partial charge in [-0.1, -0.05) is 50.3 Å². The summed E-state index contributed by atoms with van der Waals surface area (Å²) in [5, 5.41) is 3.81. The molecule has 0 spiro atoms. The highest BCUT2D eigenvalue weighted by Crippen LogP contribution is 2.24. The maximum Gasteiger partial charge on any atom is 0.263 e. The predicted molar refractivity (Wildman–Crippen MR) is 124 cm³/mol. The Labute approximate surface area is 183 Å². The van der Waals surface area contributed by atoms with E-state index in [9.17, 15) is 9.59 Å². The first-order valence-electron chi connectivity index (χ1n) is 11.5. The number of hydrogen-bond acceptors (Lipinski definition) is 3. The molecule has 31 heavy (non-hydrogen) atoms. The van der Waals surface area contributed by atoms with E-state index in [1.807, 2.05) is 48.7 Å². The second-order valence-electron chi connectivity index (χ2n) is 8.68. The number of para-hydroxylation sites is 1. The lowest BCUT2D eigenvalue weighted by molar-refractivity contribution is -0.122. The van der Waals surface area contributed by atoms with Gasteiger partial charge in [-0.3, -0.25) is 18.7 Å². The molecule has 1 aliphatic rings. The van der Waals surface area contributed by atoms with Crippen molar-refractivity contribution in [2.45, 2.75) is 77.8 Å². The van der Waals surface area contributed by atoms with Gasteiger partial charge in [0, 0.05) is 30.4 Å². The van der Waals surface area contributed by atoms with Crippen molar-refractivity contribution in [2.24, 2.45) is 0 Å². The fraction of sp³-hybridized carbons (Fsp3) is 0.480. The van der Waals surface area contributed by atoms with Gasteiger partial charge in [0.05, 0.1) is 11.7 Å². The van der Waals surface area contributed by atoms with Crippen LogP contribution >= 0.6 is 0 Å². The summed E-state index contributed by atoms with van der Waals surface area (Å²) in [5.41, 5.74) is 3.51. The highest BCUT2D eigenvalue weighted by molar-refractivity contribution is 5.83. The normalized spacial score (nSPS) is 15.5. The summed E-state index contributed by atoms with van der Waals surface area (Å²) < 4.78 is 3.60. The molecule has 0 bridgehead atoms. The Bertz CT molecular complexity index is 1110. The van der Waals surface area contributed by atoms with Crippen LogP contribution in [-0.2, 0) is 11.3 Å². The van der Waals surface area contributed by atoms with E-state index in [1.54, 1.807) is 10.9 Å². The molecular formula is C25H32N4O2. The van der Waals surface area contributed by atoms with Gasteiger partial charge in [0.25, 0.3) is 5.56 Å². The van der Waals surface area contributed by atoms with E-state index < -0.39 is 0 Å². The number of rotatable bonds is 5. The van der Waals surface area contributed by atoms with Crippen LogP contribution < -0.4 is 10.9 Å². The van der Waals surface area contributed by atoms with Crippen LogP contribution in [0.5, 0.6) is 0 Å². The van der Waals surface area contributed by atoms with Crippen LogP contribution in [0.3, 0.4) is 0 Å². The number of amides is 1. The van der Waals surface area contributed by atoms with Gasteiger partial charge in [-0.05, 0) is 44.4 Å². The highest BCUT2D eigenvalue weighted by Gasteiger charge is 2.18. The van der Waals surface area contributed by atoms with Gasteiger partial charge in [-0.25, -0.2) is 4.98 Å². The first-order valence-corrected chi connectivity index (χ1v) is 11.5. The topological polar surface area (TPSA) is 68.9 Å². The lowest BCUT2D eigenvalue weighted by Crippen LogP contribution is -2.36. The van der Waals surface area contributed by atoms with Crippen LogP contribution in [0.25, 0.3) is 16.7 Å². The molecule has 6 heteroatoms. The number of aryl methyl sites for hydroxylation is 2.